The summed E-state index contributed by atoms with van der Waals surface area (Å²) in [6.07, 6.45) is 5.44. The van der Waals surface area contributed by atoms with Gasteiger partial charge in [-0.25, -0.2) is 19.9 Å². The molecule has 238 valence electrons. The molecule has 0 atom stereocenters. The molecule has 0 saturated carbocycles. The van der Waals surface area contributed by atoms with E-state index < -0.39 is 9.85 Å². The number of carbonyl (C=O) groups is 1. The van der Waals surface area contributed by atoms with Crippen LogP contribution in [0.15, 0.2) is 24.8 Å². The van der Waals surface area contributed by atoms with Crippen LogP contribution in [0.25, 0.3) is 0 Å². The number of nitrogens with two attached hydrogens (primary N) is 1. The first kappa shape index (κ1) is 36.6. The summed E-state index contributed by atoms with van der Waals surface area (Å²) < 4.78 is 0. The molecule has 0 spiro atoms. The summed E-state index contributed by atoms with van der Waals surface area (Å²) in [4.78, 5) is 60.9. The van der Waals surface area contributed by atoms with Crippen LogP contribution in [0.2, 0.25) is 26.3 Å². The molecule has 0 saturated heterocycles. The number of hydrogen-bond donors (Lipinski definition) is 3. The first-order chi connectivity index (χ1) is 21.2. The van der Waals surface area contributed by atoms with Crippen LogP contribution >= 0.6 is 58.0 Å². The van der Waals surface area contributed by atoms with Gasteiger partial charge in [-0.15, -0.1) is 0 Å². The second kappa shape index (κ2) is 17.1. The molecular formula is C21H19Cl5N14O5. The van der Waals surface area contributed by atoms with Crippen molar-refractivity contribution in [1.29, 1.82) is 0 Å². The van der Waals surface area contributed by atoms with E-state index in [9.17, 15) is 25.0 Å². The normalized spacial score (nSPS) is 11.0. The van der Waals surface area contributed by atoms with Crippen LogP contribution < -0.4 is 21.3 Å². The Morgan fingerprint density at radius 3 is 1.73 bits per heavy atom. The third-order valence-electron chi connectivity index (χ3n) is 4.94. The van der Waals surface area contributed by atoms with Gasteiger partial charge in [0.25, 0.3) is 0 Å². The summed E-state index contributed by atoms with van der Waals surface area (Å²) in [5.74, 6) is 1.32. The fraction of sp³-hybridized carbons (Fsp3) is 0.190. The number of amides is 1. The van der Waals surface area contributed by atoms with Crippen molar-refractivity contribution in [2.75, 3.05) is 42.4 Å². The fourth-order valence-corrected chi connectivity index (χ4v) is 3.66. The number of anilines is 4. The molecule has 1 aliphatic heterocycles. The topological polar surface area (TPSA) is 260 Å². The van der Waals surface area contributed by atoms with E-state index in [2.05, 4.69) is 50.5 Å². The van der Waals surface area contributed by atoms with Gasteiger partial charge < -0.3 is 16.4 Å². The van der Waals surface area contributed by atoms with Gasteiger partial charge in [0, 0.05) is 32.9 Å². The maximum atomic E-state index is 11.2. The minimum Gasteiger partial charge on any atom is -0.394 e. The molecule has 5 rings (SSSR count). The fourth-order valence-electron chi connectivity index (χ4n) is 2.89. The van der Waals surface area contributed by atoms with Gasteiger partial charge in [-0.05, 0) is 46.4 Å². The highest BCUT2D eigenvalue weighted by Gasteiger charge is 2.25. The predicted octanol–water partition coefficient (Wildman–Crippen LogP) is 4.17. The Morgan fingerprint density at radius 1 is 0.756 bits per heavy atom. The van der Waals surface area contributed by atoms with Crippen LogP contribution in [0.3, 0.4) is 0 Å². The maximum absolute atomic E-state index is 11.2. The molecule has 0 fully saturated rings. The molecule has 0 aliphatic carbocycles. The summed E-state index contributed by atoms with van der Waals surface area (Å²) >= 11 is 27.1. The zero-order chi connectivity index (χ0) is 33.8. The lowest BCUT2D eigenvalue weighted by atomic mass is 10.3. The molecule has 0 radical (unpaired) electrons. The van der Waals surface area contributed by atoms with Crippen LogP contribution in [-0.2, 0) is 11.2 Å². The number of likely N-dealkylation sites (N-methyl/N-ethyl adjacent to an activating group) is 1. The number of fused-ring (bicyclic) bond motifs is 1. The Labute approximate surface area is 277 Å². The summed E-state index contributed by atoms with van der Waals surface area (Å²) in [5, 5.41) is 25.8. The first-order valence-electron chi connectivity index (χ1n) is 11.6. The third kappa shape index (κ3) is 10.8. The van der Waals surface area contributed by atoms with Gasteiger partial charge in [-0.2, -0.15) is 19.9 Å². The molecular weight excluding hydrogens is 706 g/mol. The van der Waals surface area contributed by atoms with Crippen molar-refractivity contribution in [3.8, 4) is 0 Å². The van der Waals surface area contributed by atoms with Crippen molar-refractivity contribution in [2.45, 2.75) is 6.42 Å². The molecule has 19 nitrogen and oxygen atoms in total. The standard InChI is InChI=1S/C7H6ClN3O.C5H5ClN4O2.C5H7ClN4.C4HCl2N3O2/c1-11-5(12)2-4-3-9-7(8)10-6(4)11;1-7-4-3(10(11)12)2-8-5(6)9-4;1-8-4-3(7)2-9-5(6)10-4;5-3-2(9(10)11)1-7-4(6)8-3/h3H,2H2,1H3;2H,1H3,(H,7,8,9);2H,7H2,1H3,(H,8,9,10);1H. The second-order valence-corrected chi connectivity index (χ2v) is 9.47. The van der Waals surface area contributed by atoms with Crippen LogP contribution in [-0.4, -0.2) is 76.8 Å². The number of nitrogens with one attached hydrogen (secondary N) is 2. The molecule has 4 N–H and O–H groups in total. The van der Waals surface area contributed by atoms with Crippen LogP contribution in [0.5, 0.6) is 0 Å². The zero-order valence-corrected chi connectivity index (χ0v) is 26.7. The Kier molecular flexibility index (Phi) is 13.9. The van der Waals surface area contributed by atoms with Crippen LogP contribution in [0.4, 0.5) is 34.5 Å². The van der Waals surface area contributed by atoms with E-state index in [0.717, 1.165) is 18.0 Å². The maximum Gasteiger partial charge on any atom is 0.329 e. The van der Waals surface area contributed by atoms with Crippen molar-refractivity contribution >= 4 is 98.4 Å². The van der Waals surface area contributed by atoms with Gasteiger partial charge >= 0.3 is 11.4 Å². The minimum absolute atomic E-state index is 0.0232. The monoisotopic (exact) mass is 722 g/mol. The van der Waals surface area contributed by atoms with Gasteiger partial charge in [0.1, 0.15) is 18.2 Å². The number of nitrogen functional groups attached to an aromatic ring is 1. The molecule has 4 aromatic rings. The minimum atomic E-state index is -0.682. The van der Waals surface area contributed by atoms with Gasteiger partial charge in [0.05, 0.1) is 28.2 Å². The smallest absolute Gasteiger partial charge is 0.329 e. The molecule has 1 amide bonds. The van der Waals surface area contributed by atoms with Crippen molar-refractivity contribution in [2.24, 2.45) is 0 Å². The molecule has 45 heavy (non-hydrogen) atoms. The van der Waals surface area contributed by atoms with E-state index in [0.29, 0.717) is 23.7 Å². The lowest BCUT2D eigenvalue weighted by Crippen LogP contribution is -2.21. The Hall–Kier alpha value is -4.56. The van der Waals surface area contributed by atoms with E-state index >= 15 is 0 Å². The van der Waals surface area contributed by atoms with Gasteiger partial charge in [0.2, 0.25) is 38.0 Å². The number of hydrogen-bond acceptors (Lipinski definition) is 16. The average molecular weight is 725 g/mol. The Balaban J connectivity index is 0.000000210. The van der Waals surface area contributed by atoms with Crippen molar-refractivity contribution in [1.82, 2.24) is 39.9 Å². The second-order valence-electron chi connectivity index (χ2n) is 7.76. The van der Waals surface area contributed by atoms with Crippen molar-refractivity contribution in [3.63, 3.8) is 0 Å². The quantitative estimate of drug-likeness (QED) is 0.115. The summed E-state index contributed by atoms with van der Waals surface area (Å²) in [6.45, 7) is 0. The number of rotatable bonds is 4. The van der Waals surface area contributed by atoms with Crippen molar-refractivity contribution in [3.05, 3.63) is 76.9 Å². The lowest BCUT2D eigenvalue weighted by Gasteiger charge is -2.07. The number of aromatic nitrogens is 8. The van der Waals surface area contributed by atoms with Gasteiger partial charge in [-0.1, -0.05) is 11.6 Å². The van der Waals surface area contributed by atoms with Crippen molar-refractivity contribution < 1.29 is 14.6 Å². The third-order valence-corrected chi connectivity index (χ3v) is 5.94. The highest BCUT2D eigenvalue weighted by Crippen LogP contribution is 2.25. The highest BCUT2D eigenvalue weighted by atomic mass is 35.5. The van der Waals surface area contributed by atoms with E-state index in [4.69, 9.17) is 63.7 Å². The Morgan fingerprint density at radius 2 is 1.22 bits per heavy atom. The Bertz CT molecular complexity index is 1700. The molecule has 0 aromatic carbocycles. The first-order valence-corrected chi connectivity index (χ1v) is 13.5. The average Bonchev–Trinajstić information content (AvgIpc) is 3.27. The molecule has 1 aliphatic rings. The molecule has 4 aromatic heterocycles. The van der Waals surface area contributed by atoms with E-state index in [1.54, 1.807) is 20.3 Å². The number of carbonyl (C=O) groups excluding carboxylic acids is 1. The zero-order valence-electron chi connectivity index (χ0n) is 22.9. The molecule has 0 bridgehead atoms. The largest absolute Gasteiger partial charge is 0.394 e. The van der Waals surface area contributed by atoms with Crippen LogP contribution in [0, 0.1) is 20.2 Å². The highest BCUT2D eigenvalue weighted by molar-refractivity contribution is 6.33. The van der Waals surface area contributed by atoms with Gasteiger partial charge in [0.15, 0.2) is 5.82 Å². The number of halogens is 5. The molecule has 0 unspecified atom stereocenters. The summed E-state index contributed by atoms with van der Waals surface area (Å²) in [6, 6.07) is 0. The van der Waals surface area contributed by atoms with Gasteiger partial charge in [-0.3, -0.25) is 29.9 Å². The predicted molar refractivity (Wildman–Crippen MR) is 167 cm³/mol. The molecule has 24 heteroatoms. The lowest BCUT2D eigenvalue weighted by molar-refractivity contribution is -0.385. The van der Waals surface area contributed by atoms with E-state index in [1.165, 1.54) is 18.1 Å². The molecule has 5 heterocycles. The van der Waals surface area contributed by atoms with E-state index in [-0.39, 0.29) is 49.4 Å². The SMILES string of the molecule is CN1C(=O)Cc2cnc(Cl)nc21.CNc1nc(Cl)ncc1N.CNc1nc(Cl)ncc1[N+](=O)[O-].O=[N+]([O-])c1cnc(Cl)nc1Cl. The van der Waals surface area contributed by atoms with Crippen LogP contribution in [0.1, 0.15) is 5.56 Å². The summed E-state index contributed by atoms with van der Waals surface area (Å²) in [7, 11) is 4.91. The number of nitro groups is 2. The van der Waals surface area contributed by atoms with E-state index in [1.807, 2.05) is 0 Å². The summed E-state index contributed by atoms with van der Waals surface area (Å²) in [5.41, 5.74) is 6.24. The number of nitrogens with zero attached hydrogens (tertiary/aromatic N) is 11.